The van der Waals surface area contributed by atoms with Crippen LogP contribution < -0.4 is 0 Å². The minimum atomic E-state index is -0.280. The summed E-state index contributed by atoms with van der Waals surface area (Å²) in [5.41, 5.74) is 1.15. The van der Waals surface area contributed by atoms with Crippen molar-refractivity contribution in [3.05, 3.63) is 48.0 Å². The highest BCUT2D eigenvalue weighted by Crippen LogP contribution is 2.38. The van der Waals surface area contributed by atoms with Crippen LogP contribution in [0.15, 0.2) is 42.5 Å². The molecule has 0 N–H and O–H groups in total. The molecule has 2 amide bonds. The maximum absolute atomic E-state index is 12.7. The van der Waals surface area contributed by atoms with Gasteiger partial charge in [-0.05, 0) is 24.5 Å². The second-order valence-electron chi connectivity index (χ2n) is 6.52. The van der Waals surface area contributed by atoms with Crippen LogP contribution in [0.1, 0.15) is 32.4 Å². The van der Waals surface area contributed by atoms with Crippen LogP contribution in [0, 0.1) is 5.92 Å². The molecule has 1 saturated heterocycles. The molecule has 2 aliphatic rings. The summed E-state index contributed by atoms with van der Waals surface area (Å²) in [5.74, 6) is 0.407. The fourth-order valence-corrected chi connectivity index (χ4v) is 3.27. The topological polar surface area (TPSA) is 32.8 Å². The average molecular weight is 300 g/mol. The smallest absolute Gasteiger partial charge is 0.322 e. The fourth-order valence-electron chi connectivity index (χ4n) is 3.27. The molecule has 2 heterocycles. The second-order valence-corrected chi connectivity index (χ2v) is 6.52. The first-order valence-electron chi connectivity index (χ1n) is 7.94. The standard InChI is InChI=1S/C18H24N2O2/c1-12(2)15-10-11-16(22-15)20-17(13(3)19(4)18(20)21)14-8-6-5-7-9-14/h5-13,15-17H,1-4H3/t13-,15+,16?,17-/m0/s1. The first-order valence-corrected chi connectivity index (χ1v) is 7.94. The number of likely N-dealkylation sites (N-methyl/N-ethyl adjacent to an activating group) is 1. The van der Waals surface area contributed by atoms with Gasteiger partial charge in [0.25, 0.3) is 0 Å². The van der Waals surface area contributed by atoms with E-state index in [0.29, 0.717) is 5.92 Å². The number of amides is 2. The quantitative estimate of drug-likeness (QED) is 0.801. The second kappa shape index (κ2) is 5.76. The van der Waals surface area contributed by atoms with Gasteiger partial charge in [-0.2, -0.15) is 0 Å². The lowest BCUT2D eigenvalue weighted by Gasteiger charge is -2.31. The Bertz CT molecular complexity index is 570. The lowest BCUT2D eigenvalue weighted by Crippen LogP contribution is -2.40. The van der Waals surface area contributed by atoms with E-state index in [-0.39, 0.29) is 30.4 Å². The molecule has 0 radical (unpaired) electrons. The molecule has 4 atom stereocenters. The van der Waals surface area contributed by atoms with Gasteiger partial charge in [0.05, 0.1) is 18.2 Å². The number of hydrogen-bond donors (Lipinski definition) is 0. The van der Waals surface area contributed by atoms with Gasteiger partial charge in [-0.3, -0.25) is 4.90 Å². The highest BCUT2D eigenvalue weighted by atomic mass is 16.5. The minimum absolute atomic E-state index is 0.0132. The van der Waals surface area contributed by atoms with Gasteiger partial charge >= 0.3 is 6.03 Å². The van der Waals surface area contributed by atoms with E-state index in [0.717, 1.165) is 5.56 Å². The molecule has 0 bridgehead atoms. The molecule has 2 aliphatic heterocycles. The summed E-state index contributed by atoms with van der Waals surface area (Å²) >= 11 is 0. The summed E-state index contributed by atoms with van der Waals surface area (Å²) in [5, 5.41) is 0. The van der Waals surface area contributed by atoms with Crippen molar-refractivity contribution in [3.8, 4) is 0 Å². The molecule has 1 fully saturated rings. The number of urea groups is 1. The van der Waals surface area contributed by atoms with Gasteiger partial charge in [0.2, 0.25) is 0 Å². The molecular formula is C18H24N2O2. The summed E-state index contributed by atoms with van der Waals surface area (Å²) < 4.78 is 6.09. The molecule has 0 saturated carbocycles. The van der Waals surface area contributed by atoms with Crippen molar-refractivity contribution in [1.82, 2.24) is 9.80 Å². The first-order chi connectivity index (χ1) is 10.5. The Morgan fingerprint density at radius 3 is 2.41 bits per heavy atom. The van der Waals surface area contributed by atoms with Crippen molar-refractivity contribution in [2.45, 2.75) is 45.2 Å². The highest BCUT2D eigenvalue weighted by molar-refractivity contribution is 5.78. The number of nitrogens with zero attached hydrogens (tertiary/aromatic N) is 2. The molecule has 0 aromatic heterocycles. The van der Waals surface area contributed by atoms with E-state index in [1.54, 1.807) is 4.90 Å². The van der Waals surface area contributed by atoms with Crippen LogP contribution in [0.2, 0.25) is 0 Å². The van der Waals surface area contributed by atoms with Crippen molar-refractivity contribution >= 4 is 6.03 Å². The van der Waals surface area contributed by atoms with Crippen molar-refractivity contribution in [1.29, 1.82) is 0 Å². The normalized spacial score (nSPS) is 31.6. The average Bonchev–Trinajstić information content (AvgIpc) is 3.08. The van der Waals surface area contributed by atoms with E-state index < -0.39 is 0 Å². The molecular weight excluding hydrogens is 276 g/mol. The van der Waals surface area contributed by atoms with Gasteiger partial charge in [0.15, 0.2) is 6.23 Å². The number of hydrogen-bond acceptors (Lipinski definition) is 2. The van der Waals surface area contributed by atoms with E-state index in [1.807, 2.05) is 36.2 Å². The van der Waals surface area contributed by atoms with Gasteiger partial charge in [0.1, 0.15) is 0 Å². The van der Waals surface area contributed by atoms with E-state index in [4.69, 9.17) is 4.74 Å². The fraction of sp³-hybridized carbons (Fsp3) is 0.500. The third-order valence-electron chi connectivity index (χ3n) is 4.72. The molecule has 1 aromatic carbocycles. The Labute approximate surface area is 132 Å². The van der Waals surface area contributed by atoms with Crippen LogP contribution in [0.3, 0.4) is 0 Å². The Morgan fingerprint density at radius 2 is 1.82 bits per heavy atom. The van der Waals surface area contributed by atoms with Crippen molar-refractivity contribution < 1.29 is 9.53 Å². The molecule has 3 rings (SSSR count). The van der Waals surface area contributed by atoms with Gasteiger partial charge in [-0.1, -0.05) is 50.3 Å². The Kier molecular flexibility index (Phi) is 3.96. The zero-order valence-electron chi connectivity index (χ0n) is 13.6. The van der Waals surface area contributed by atoms with Crippen LogP contribution in [-0.4, -0.2) is 41.3 Å². The molecule has 1 unspecified atom stereocenters. The Hall–Kier alpha value is -1.81. The van der Waals surface area contributed by atoms with Crippen LogP contribution in [0.5, 0.6) is 0 Å². The highest BCUT2D eigenvalue weighted by Gasteiger charge is 2.46. The predicted octanol–water partition coefficient (Wildman–Crippen LogP) is 3.42. The summed E-state index contributed by atoms with van der Waals surface area (Å²) in [6.07, 6.45) is 3.89. The van der Waals surface area contributed by atoms with Gasteiger partial charge in [-0.25, -0.2) is 4.79 Å². The minimum Gasteiger partial charge on any atom is -0.347 e. The van der Waals surface area contributed by atoms with Gasteiger partial charge < -0.3 is 9.64 Å². The van der Waals surface area contributed by atoms with Crippen LogP contribution in [-0.2, 0) is 4.74 Å². The van der Waals surface area contributed by atoms with Gasteiger partial charge in [0, 0.05) is 7.05 Å². The first kappa shape index (κ1) is 15.1. The van der Waals surface area contributed by atoms with Crippen molar-refractivity contribution in [2.75, 3.05) is 7.05 Å². The van der Waals surface area contributed by atoms with Gasteiger partial charge in [-0.15, -0.1) is 0 Å². The number of carbonyl (C=O) groups excluding carboxylic acids is 1. The largest absolute Gasteiger partial charge is 0.347 e. The monoisotopic (exact) mass is 300 g/mol. The number of rotatable bonds is 3. The Morgan fingerprint density at radius 1 is 1.14 bits per heavy atom. The number of ether oxygens (including phenoxy) is 1. The third kappa shape index (κ3) is 2.41. The predicted molar refractivity (Wildman–Crippen MR) is 86.3 cm³/mol. The van der Waals surface area contributed by atoms with Crippen LogP contribution in [0.4, 0.5) is 4.79 Å². The lowest BCUT2D eigenvalue weighted by molar-refractivity contribution is -0.0425. The zero-order valence-corrected chi connectivity index (χ0v) is 13.6. The lowest BCUT2D eigenvalue weighted by atomic mass is 10.0. The SMILES string of the molecule is CC(C)[C@H]1C=CC(N2C(=O)N(C)[C@@H](C)[C@H]2c2ccccc2)O1. The molecule has 0 aliphatic carbocycles. The van der Waals surface area contributed by atoms with Crippen LogP contribution in [0.25, 0.3) is 0 Å². The molecule has 4 heteroatoms. The number of carbonyl (C=O) groups is 1. The molecule has 4 nitrogen and oxygen atoms in total. The van der Waals surface area contributed by atoms with E-state index in [9.17, 15) is 4.79 Å². The zero-order chi connectivity index (χ0) is 15.9. The summed E-state index contributed by atoms with van der Waals surface area (Å²) in [7, 11) is 1.86. The van der Waals surface area contributed by atoms with E-state index in [1.165, 1.54) is 0 Å². The molecule has 0 spiro atoms. The maximum atomic E-state index is 12.7. The third-order valence-corrected chi connectivity index (χ3v) is 4.72. The molecule has 1 aromatic rings. The summed E-state index contributed by atoms with van der Waals surface area (Å²) in [4.78, 5) is 16.4. The maximum Gasteiger partial charge on any atom is 0.322 e. The molecule has 22 heavy (non-hydrogen) atoms. The van der Waals surface area contributed by atoms with Crippen molar-refractivity contribution in [2.24, 2.45) is 5.92 Å². The van der Waals surface area contributed by atoms with Crippen molar-refractivity contribution in [3.63, 3.8) is 0 Å². The number of benzene rings is 1. The van der Waals surface area contributed by atoms with Crippen LogP contribution >= 0.6 is 0 Å². The van der Waals surface area contributed by atoms with E-state index >= 15 is 0 Å². The summed E-state index contributed by atoms with van der Waals surface area (Å²) in [6.45, 7) is 6.35. The Balaban J connectivity index is 1.90. The van der Waals surface area contributed by atoms with E-state index in [2.05, 4.69) is 39.0 Å². The summed E-state index contributed by atoms with van der Waals surface area (Å²) in [6, 6.07) is 10.4. The molecule has 118 valence electrons.